The van der Waals surface area contributed by atoms with Gasteiger partial charge in [-0.1, -0.05) is 38.1 Å². The van der Waals surface area contributed by atoms with Gasteiger partial charge < -0.3 is 0 Å². The molecule has 1 aromatic heterocycles. The van der Waals surface area contributed by atoms with E-state index < -0.39 is 11.7 Å². The van der Waals surface area contributed by atoms with Gasteiger partial charge in [-0.3, -0.25) is 5.43 Å². The van der Waals surface area contributed by atoms with Crippen molar-refractivity contribution in [3.63, 3.8) is 0 Å². The maximum Gasteiger partial charge on any atom is 0.417 e. The minimum absolute atomic E-state index is 0.253. The fraction of sp³-hybridized carbons (Fsp3) is 0.250. The number of anilines is 1. The predicted molar refractivity (Wildman–Crippen MR) is 81.0 cm³/mol. The van der Waals surface area contributed by atoms with Crippen LogP contribution in [0.1, 0.15) is 36.5 Å². The highest BCUT2D eigenvalue weighted by atomic mass is 19.4. The first-order valence-corrected chi connectivity index (χ1v) is 6.78. The summed E-state index contributed by atoms with van der Waals surface area (Å²) in [6, 6.07) is 10.1. The van der Waals surface area contributed by atoms with Crippen molar-refractivity contribution in [1.82, 2.24) is 4.98 Å². The van der Waals surface area contributed by atoms with Gasteiger partial charge >= 0.3 is 6.18 Å². The largest absolute Gasteiger partial charge is 0.417 e. The molecule has 0 aliphatic heterocycles. The molecule has 0 radical (unpaired) electrons. The van der Waals surface area contributed by atoms with Crippen LogP contribution in [0.2, 0.25) is 0 Å². The minimum atomic E-state index is -4.38. The molecule has 116 valence electrons. The summed E-state index contributed by atoms with van der Waals surface area (Å²) in [6.45, 7) is 4.22. The van der Waals surface area contributed by atoms with Gasteiger partial charge in [0.1, 0.15) is 5.82 Å². The molecule has 1 N–H and O–H groups in total. The molecule has 3 nitrogen and oxygen atoms in total. The molecule has 0 saturated carbocycles. The monoisotopic (exact) mass is 307 g/mol. The van der Waals surface area contributed by atoms with E-state index in [1.54, 1.807) is 6.21 Å². The van der Waals surface area contributed by atoms with Crippen LogP contribution in [0.25, 0.3) is 0 Å². The number of alkyl halides is 3. The average Bonchev–Trinajstić information content (AvgIpc) is 2.47. The third kappa shape index (κ3) is 4.31. The number of halogens is 3. The summed E-state index contributed by atoms with van der Waals surface area (Å²) >= 11 is 0. The summed E-state index contributed by atoms with van der Waals surface area (Å²) in [5.41, 5.74) is 3.94. The van der Waals surface area contributed by atoms with Gasteiger partial charge in [0, 0.05) is 6.20 Å². The number of rotatable bonds is 4. The van der Waals surface area contributed by atoms with Gasteiger partial charge in [0.25, 0.3) is 0 Å². The van der Waals surface area contributed by atoms with Crippen molar-refractivity contribution in [2.75, 3.05) is 5.43 Å². The second kappa shape index (κ2) is 6.60. The molecule has 0 bridgehead atoms. The van der Waals surface area contributed by atoms with Crippen molar-refractivity contribution >= 4 is 12.0 Å². The summed E-state index contributed by atoms with van der Waals surface area (Å²) in [5.74, 6) is 0.712. The third-order valence-corrected chi connectivity index (χ3v) is 3.09. The maximum absolute atomic E-state index is 12.4. The van der Waals surface area contributed by atoms with E-state index in [1.807, 2.05) is 24.3 Å². The molecule has 0 aliphatic carbocycles. The smallest absolute Gasteiger partial charge is 0.261 e. The minimum Gasteiger partial charge on any atom is -0.261 e. The van der Waals surface area contributed by atoms with E-state index in [-0.39, 0.29) is 5.82 Å². The van der Waals surface area contributed by atoms with Gasteiger partial charge in [-0.05, 0) is 29.2 Å². The van der Waals surface area contributed by atoms with Crippen LogP contribution in [-0.2, 0) is 6.18 Å². The molecule has 0 atom stereocenters. The molecule has 6 heteroatoms. The molecular formula is C16H16F3N3. The van der Waals surface area contributed by atoms with Crippen molar-refractivity contribution < 1.29 is 13.2 Å². The lowest BCUT2D eigenvalue weighted by atomic mass is 10.0. The van der Waals surface area contributed by atoms with E-state index >= 15 is 0 Å². The molecular weight excluding hydrogens is 291 g/mol. The lowest BCUT2D eigenvalue weighted by Gasteiger charge is -2.06. The van der Waals surface area contributed by atoms with Gasteiger partial charge in [-0.15, -0.1) is 0 Å². The zero-order valence-electron chi connectivity index (χ0n) is 12.2. The van der Waals surface area contributed by atoms with Crippen LogP contribution >= 0.6 is 0 Å². The van der Waals surface area contributed by atoms with Crippen LogP contribution < -0.4 is 5.43 Å². The quantitative estimate of drug-likeness (QED) is 0.658. The molecule has 0 spiro atoms. The first-order chi connectivity index (χ1) is 10.4. The van der Waals surface area contributed by atoms with Gasteiger partial charge in [0.15, 0.2) is 0 Å². The van der Waals surface area contributed by atoms with E-state index in [0.29, 0.717) is 5.92 Å². The number of hydrogen-bond acceptors (Lipinski definition) is 3. The van der Waals surface area contributed by atoms with Crippen LogP contribution in [-0.4, -0.2) is 11.2 Å². The molecule has 0 unspecified atom stereocenters. The fourth-order valence-corrected chi connectivity index (χ4v) is 1.77. The molecule has 0 aliphatic rings. The van der Waals surface area contributed by atoms with Crippen LogP contribution in [0, 0.1) is 0 Å². The van der Waals surface area contributed by atoms with E-state index in [0.717, 1.165) is 17.8 Å². The Labute approximate surface area is 126 Å². The van der Waals surface area contributed by atoms with Crippen LogP contribution in [0.5, 0.6) is 0 Å². The number of nitrogens with zero attached hydrogens (tertiary/aromatic N) is 2. The summed E-state index contributed by atoms with van der Waals surface area (Å²) in [7, 11) is 0. The molecule has 0 fully saturated rings. The Morgan fingerprint density at radius 3 is 2.27 bits per heavy atom. The molecule has 2 aromatic rings. The van der Waals surface area contributed by atoms with Crippen molar-refractivity contribution in [1.29, 1.82) is 0 Å². The molecule has 0 amide bonds. The van der Waals surface area contributed by atoms with Crippen molar-refractivity contribution in [2.24, 2.45) is 5.10 Å². The van der Waals surface area contributed by atoms with Crippen LogP contribution in [0.15, 0.2) is 47.7 Å². The Hall–Kier alpha value is -2.37. The highest BCUT2D eigenvalue weighted by molar-refractivity contribution is 5.80. The van der Waals surface area contributed by atoms with E-state index in [4.69, 9.17) is 0 Å². The summed E-state index contributed by atoms with van der Waals surface area (Å²) in [4.78, 5) is 3.67. The number of hydrazone groups is 1. The average molecular weight is 307 g/mol. The van der Waals surface area contributed by atoms with E-state index in [1.165, 1.54) is 11.6 Å². The maximum atomic E-state index is 12.4. The standard InChI is InChI=1S/C16H16F3N3/c1-11(2)13-5-3-12(4-6-13)9-21-22-15-8-7-14(10-20-15)16(17,18)19/h3-11H,1-2H3,(H,20,22)/b21-9-. The first kappa shape index (κ1) is 16.0. The van der Waals surface area contributed by atoms with Gasteiger partial charge in [-0.25, -0.2) is 4.98 Å². The van der Waals surface area contributed by atoms with Gasteiger partial charge in [0.05, 0.1) is 11.8 Å². The molecule has 2 rings (SSSR count). The van der Waals surface area contributed by atoms with Gasteiger partial charge in [-0.2, -0.15) is 18.3 Å². The Bertz CT molecular complexity index is 629. The second-order valence-electron chi connectivity index (χ2n) is 5.12. The number of nitrogens with one attached hydrogen (secondary N) is 1. The number of hydrogen-bond donors (Lipinski definition) is 1. The van der Waals surface area contributed by atoms with Crippen molar-refractivity contribution in [3.8, 4) is 0 Å². The lowest BCUT2D eigenvalue weighted by Crippen LogP contribution is -2.05. The van der Waals surface area contributed by atoms with Crippen LogP contribution in [0.4, 0.5) is 19.0 Å². The highest BCUT2D eigenvalue weighted by Crippen LogP contribution is 2.28. The van der Waals surface area contributed by atoms with Gasteiger partial charge in [0.2, 0.25) is 0 Å². The number of aromatic nitrogens is 1. The fourth-order valence-electron chi connectivity index (χ4n) is 1.77. The number of pyridine rings is 1. The topological polar surface area (TPSA) is 37.3 Å². The zero-order valence-corrected chi connectivity index (χ0v) is 12.2. The normalized spacial score (nSPS) is 12.1. The number of benzene rings is 1. The first-order valence-electron chi connectivity index (χ1n) is 6.78. The Balaban J connectivity index is 1.97. The molecule has 0 saturated heterocycles. The van der Waals surface area contributed by atoms with Crippen molar-refractivity contribution in [2.45, 2.75) is 25.9 Å². The highest BCUT2D eigenvalue weighted by Gasteiger charge is 2.30. The lowest BCUT2D eigenvalue weighted by molar-refractivity contribution is -0.137. The summed E-state index contributed by atoms with van der Waals surface area (Å²) in [6.07, 6.45) is -2.02. The SMILES string of the molecule is CC(C)c1ccc(/C=N\Nc2ccc(C(F)(F)F)cn2)cc1. The molecule has 1 aromatic carbocycles. The summed E-state index contributed by atoms with van der Waals surface area (Å²) in [5, 5.41) is 3.96. The van der Waals surface area contributed by atoms with E-state index in [9.17, 15) is 13.2 Å². The van der Waals surface area contributed by atoms with Crippen LogP contribution in [0.3, 0.4) is 0 Å². The Kier molecular flexibility index (Phi) is 4.80. The van der Waals surface area contributed by atoms with E-state index in [2.05, 4.69) is 29.4 Å². The second-order valence-corrected chi connectivity index (χ2v) is 5.12. The predicted octanol–water partition coefficient (Wildman–Crippen LogP) is 4.67. The van der Waals surface area contributed by atoms with Crippen molar-refractivity contribution in [3.05, 3.63) is 59.3 Å². The summed E-state index contributed by atoms with van der Waals surface area (Å²) < 4.78 is 37.2. The Morgan fingerprint density at radius 2 is 1.77 bits per heavy atom. The molecule has 22 heavy (non-hydrogen) atoms. The Morgan fingerprint density at radius 1 is 1.09 bits per heavy atom. The third-order valence-electron chi connectivity index (χ3n) is 3.09. The zero-order chi connectivity index (χ0) is 16.2. The molecule has 1 heterocycles.